The molecule has 0 aromatic heterocycles. The number of hydrogen-bond acceptors (Lipinski definition) is 3. The van der Waals surface area contributed by atoms with E-state index in [0.717, 1.165) is 19.6 Å². The van der Waals surface area contributed by atoms with Gasteiger partial charge in [-0.05, 0) is 0 Å². The monoisotopic (exact) mass is 153 g/mol. The summed E-state index contributed by atoms with van der Waals surface area (Å²) in [6.07, 6.45) is 5.37. The highest BCUT2D eigenvalue weighted by molar-refractivity contribution is 5.69. The average molecular weight is 153 g/mol. The van der Waals surface area contributed by atoms with Crippen LogP contribution in [0.1, 0.15) is 6.42 Å². The van der Waals surface area contributed by atoms with Crippen LogP contribution in [0.25, 0.3) is 0 Å². The van der Waals surface area contributed by atoms with Crippen molar-refractivity contribution in [3.8, 4) is 12.3 Å². The van der Waals surface area contributed by atoms with Crippen molar-refractivity contribution in [2.24, 2.45) is 0 Å². The molecule has 1 aliphatic rings. The Bertz CT molecular complexity index is 179. The maximum Gasteiger partial charge on any atom is 0.308 e. The molecule has 0 amide bonds. The van der Waals surface area contributed by atoms with Gasteiger partial charge in [0, 0.05) is 19.6 Å². The number of esters is 1. The van der Waals surface area contributed by atoms with Gasteiger partial charge in [-0.25, -0.2) is 0 Å². The van der Waals surface area contributed by atoms with Crippen LogP contribution >= 0.6 is 0 Å². The molecule has 0 bridgehead atoms. The zero-order valence-corrected chi connectivity index (χ0v) is 6.38. The van der Waals surface area contributed by atoms with Crippen LogP contribution in [0.5, 0.6) is 0 Å². The number of nitrogens with zero attached hydrogens (tertiary/aromatic N) is 1. The van der Waals surface area contributed by atoms with Gasteiger partial charge in [0.25, 0.3) is 0 Å². The van der Waals surface area contributed by atoms with Crippen LogP contribution < -0.4 is 0 Å². The van der Waals surface area contributed by atoms with E-state index in [1.165, 1.54) is 0 Å². The van der Waals surface area contributed by atoms with Crippen LogP contribution in [0.4, 0.5) is 0 Å². The van der Waals surface area contributed by atoms with Crippen molar-refractivity contribution in [3.63, 3.8) is 0 Å². The molecular formula is C8H11NO2. The van der Waals surface area contributed by atoms with Crippen molar-refractivity contribution in [2.45, 2.75) is 6.42 Å². The third kappa shape index (κ3) is 3.64. The molecule has 1 rings (SSSR count). The molecule has 0 atom stereocenters. The smallest absolute Gasteiger partial charge is 0.308 e. The van der Waals surface area contributed by atoms with Gasteiger partial charge in [-0.15, -0.1) is 6.42 Å². The minimum atomic E-state index is -0.199. The molecule has 0 aromatic carbocycles. The highest BCUT2D eigenvalue weighted by Crippen LogP contribution is 2.03. The van der Waals surface area contributed by atoms with Crippen LogP contribution in [-0.4, -0.2) is 37.1 Å². The summed E-state index contributed by atoms with van der Waals surface area (Å²) in [4.78, 5) is 13.0. The van der Waals surface area contributed by atoms with Gasteiger partial charge in [0.1, 0.15) is 0 Å². The molecule has 11 heavy (non-hydrogen) atoms. The second-order valence-electron chi connectivity index (χ2n) is 2.46. The van der Waals surface area contributed by atoms with E-state index in [1.54, 1.807) is 0 Å². The van der Waals surface area contributed by atoms with Gasteiger partial charge in [0.2, 0.25) is 0 Å². The molecule has 0 unspecified atom stereocenters. The van der Waals surface area contributed by atoms with E-state index in [-0.39, 0.29) is 12.6 Å². The van der Waals surface area contributed by atoms with E-state index < -0.39 is 0 Å². The largest absolute Gasteiger partial charge is 0.452 e. The first-order valence-corrected chi connectivity index (χ1v) is 3.64. The Balaban J connectivity index is 1.96. The highest BCUT2D eigenvalue weighted by Gasteiger charge is 2.17. The zero-order chi connectivity index (χ0) is 8.10. The van der Waals surface area contributed by atoms with E-state index in [9.17, 15) is 4.79 Å². The summed E-state index contributed by atoms with van der Waals surface area (Å²) in [6.45, 7) is 3.13. The fourth-order valence-corrected chi connectivity index (χ4v) is 0.738. The number of terminal acetylenes is 1. The summed E-state index contributed by atoms with van der Waals surface area (Å²) < 4.78 is 4.67. The van der Waals surface area contributed by atoms with Gasteiger partial charge in [-0.2, -0.15) is 0 Å². The molecule has 0 saturated carbocycles. The molecular weight excluding hydrogens is 142 g/mol. The topological polar surface area (TPSA) is 29.3 Å². The quantitative estimate of drug-likeness (QED) is 0.320. The van der Waals surface area contributed by atoms with Gasteiger partial charge in [0.15, 0.2) is 6.61 Å². The third-order valence-electron chi connectivity index (χ3n) is 1.49. The molecule has 1 aliphatic heterocycles. The molecule has 0 N–H and O–H groups in total. The predicted octanol–water partition coefficient (Wildman–Crippen LogP) is -0.132. The first kappa shape index (κ1) is 8.09. The Labute approximate surface area is 66.3 Å². The molecule has 60 valence electrons. The number of rotatable bonds is 4. The number of hydrogen-bond donors (Lipinski definition) is 0. The van der Waals surface area contributed by atoms with E-state index >= 15 is 0 Å². The van der Waals surface area contributed by atoms with Crippen molar-refractivity contribution in [1.29, 1.82) is 0 Å². The lowest BCUT2D eigenvalue weighted by atomic mass is 10.4. The predicted molar refractivity (Wildman–Crippen MR) is 40.8 cm³/mol. The Hall–Kier alpha value is -1.01. The van der Waals surface area contributed by atoms with Crippen LogP contribution in [-0.2, 0) is 9.53 Å². The third-order valence-corrected chi connectivity index (χ3v) is 1.49. The van der Waals surface area contributed by atoms with E-state index in [0.29, 0.717) is 6.42 Å². The Morgan fingerprint density at radius 3 is 2.91 bits per heavy atom. The first-order valence-electron chi connectivity index (χ1n) is 3.64. The lowest BCUT2D eigenvalue weighted by molar-refractivity contribution is -0.142. The molecule has 3 nitrogen and oxygen atoms in total. The SMILES string of the molecule is C#CCOC(=O)CCN1CC1. The van der Waals surface area contributed by atoms with Gasteiger partial charge in [0.05, 0.1) is 6.42 Å². The lowest BCUT2D eigenvalue weighted by Gasteiger charge is -2.00. The summed E-state index contributed by atoms with van der Waals surface area (Å²) in [6, 6.07) is 0. The normalized spacial score (nSPS) is 15.5. The number of carbonyl (C=O) groups excluding carboxylic acids is 1. The van der Waals surface area contributed by atoms with Crippen LogP contribution in [0, 0.1) is 12.3 Å². The Morgan fingerprint density at radius 2 is 2.36 bits per heavy atom. The van der Waals surface area contributed by atoms with E-state index in [4.69, 9.17) is 6.42 Å². The van der Waals surface area contributed by atoms with Crippen LogP contribution in [0.3, 0.4) is 0 Å². The van der Waals surface area contributed by atoms with Gasteiger partial charge >= 0.3 is 5.97 Å². The summed E-state index contributed by atoms with van der Waals surface area (Å²) in [5, 5.41) is 0. The average Bonchev–Trinajstić information content (AvgIpc) is 2.80. The number of ether oxygens (including phenoxy) is 1. The summed E-state index contributed by atoms with van der Waals surface area (Å²) in [5.74, 6) is 2.05. The molecule has 1 fully saturated rings. The van der Waals surface area contributed by atoms with Crippen molar-refractivity contribution < 1.29 is 9.53 Å². The van der Waals surface area contributed by atoms with Gasteiger partial charge in [-0.3, -0.25) is 4.79 Å². The van der Waals surface area contributed by atoms with E-state index in [2.05, 4.69) is 15.6 Å². The van der Waals surface area contributed by atoms with Crippen molar-refractivity contribution in [3.05, 3.63) is 0 Å². The minimum Gasteiger partial charge on any atom is -0.452 e. The van der Waals surface area contributed by atoms with Crippen molar-refractivity contribution in [2.75, 3.05) is 26.2 Å². The lowest BCUT2D eigenvalue weighted by Crippen LogP contribution is -2.10. The van der Waals surface area contributed by atoms with Crippen molar-refractivity contribution >= 4 is 5.97 Å². The minimum absolute atomic E-state index is 0.0961. The molecule has 3 heteroatoms. The molecule has 1 saturated heterocycles. The van der Waals surface area contributed by atoms with Gasteiger partial charge < -0.3 is 9.64 Å². The second-order valence-corrected chi connectivity index (χ2v) is 2.46. The van der Waals surface area contributed by atoms with Crippen LogP contribution in [0.2, 0.25) is 0 Å². The first-order chi connectivity index (χ1) is 5.33. The zero-order valence-electron chi connectivity index (χ0n) is 6.38. The number of carbonyl (C=O) groups is 1. The van der Waals surface area contributed by atoms with Gasteiger partial charge in [-0.1, -0.05) is 5.92 Å². The van der Waals surface area contributed by atoms with E-state index in [1.807, 2.05) is 0 Å². The second kappa shape index (κ2) is 3.99. The summed E-state index contributed by atoms with van der Waals surface area (Å²) >= 11 is 0. The molecule has 0 aromatic rings. The molecule has 1 heterocycles. The van der Waals surface area contributed by atoms with Crippen molar-refractivity contribution in [1.82, 2.24) is 4.90 Å². The highest BCUT2D eigenvalue weighted by atomic mass is 16.5. The maximum atomic E-state index is 10.8. The summed E-state index contributed by atoms with van der Waals surface area (Å²) in [5.41, 5.74) is 0. The van der Waals surface area contributed by atoms with Crippen LogP contribution in [0.15, 0.2) is 0 Å². The molecule has 0 radical (unpaired) electrons. The summed E-state index contributed by atoms with van der Waals surface area (Å²) in [7, 11) is 0. The fraction of sp³-hybridized carbons (Fsp3) is 0.625. The molecule has 0 spiro atoms. The standard InChI is InChI=1S/C8H11NO2/c1-2-7-11-8(10)3-4-9-5-6-9/h1H,3-7H2. The molecule has 0 aliphatic carbocycles. The Morgan fingerprint density at radius 1 is 1.64 bits per heavy atom. The Kier molecular flexibility index (Phi) is 2.94. The fourth-order valence-electron chi connectivity index (χ4n) is 0.738. The maximum absolute atomic E-state index is 10.8.